The zero-order chi connectivity index (χ0) is 15.3. The van der Waals surface area contributed by atoms with Gasteiger partial charge in [0.1, 0.15) is 0 Å². The first-order chi connectivity index (χ1) is 9.42. The van der Waals surface area contributed by atoms with Gasteiger partial charge in [-0.15, -0.1) is 0 Å². The molecule has 3 heteroatoms. The molecule has 1 aromatic carbocycles. The number of carbonyl (C=O) groups is 1. The topological polar surface area (TPSA) is 20.3 Å². The van der Waals surface area contributed by atoms with Crippen molar-refractivity contribution in [3.63, 3.8) is 0 Å². The number of hydrogen-bond acceptors (Lipinski definition) is 3. The molecule has 0 aliphatic rings. The van der Waals surface area contributed by atoms with Gasteiger partial charge in [-0.25, -0.2) is 0 Å². The molecule has 0 fully saturated rings. The molecular weight excluding hydrogens is 266 g/mol. The highest BCUT2D eigenvalue weighted by Crippen LogP contribution is 2.18. The molecule has 0 aromatic heterocycles. The summed E-state index contributed by atoms with van der Waals surface area (Å²) in [5.74, 6) is 1.30. The third kappa shape index (κ3) is 4.10. The van der Waals surface area contributed by atoms with Crippen LogP contribution in [0.5, 0.6) is 0 Å². The molecule has 0 bridgehead atoms. The van der Waals surface area contributed by atoms with Gasteiger partial charge in [-0.2, -0.15) is 11.8 Å². The highest BCUT2D eigenvalue weighted by molar-refractivity contribution is 7.98. The first-order valence-electron chi connectivity index (χ1n) is 7.24. The Hall–Kier alpha value is -0.800. The molecule has 0 radical (unpaired) electrons. The summed E-state index contributed by atoms with van der Waals surface area (Å²) < 4.78 is 0. The number of benzene rings is 1. The number of carbonyl (C=O) groups excluding carboxylic acids is 1. The van der Waals surface area contributed by atoms with Crippen LogP contribution in [0.3, 0.4) is 0 Å². The van der Waals surface area contributed by atoms with Crippen LogP contribution in [-0.2, 0) is 0 Å². The number of nitrogens with zero attached hydrogens (tertiary/aromatic N) is 1. The molecule has 1 aromatic rings. The van der Waals surface area contributed by atoms with Crippen LogP contribution in [0.15, 0.2) is 18.2 Å². The van der Waals surface area contributed by atoms with Gasteiger partial charge in [0.05, 0.1) is 6.04 Å². The molecule has 20 heavy (non-hydrogen) atoms. The van der Waals surface area contributed by atoms with E-state index in [-0.39, 0.29) is 11.8 Å². The Bertz CT molecular complexity index is 458. The predicted octanol–water partition coefficient (Wildman–Crippen LogP) is 3.95. The molecule has 2 nitrogen and oxygen atoms in total. The number of Topliss-reactive ketones (excluding diaryl/α,β-unsaturated/α-hetero) is 1. The minimum atomic E-state index is -0.0763. The van der Waals surface area contributed by atoms with Crippen molar-refractivity contribution in [2.45, 2.75) is 46.2 Å². The van der Waals surface area contributed by atoms with Crippen molar-refractivity contribution in [2.24, 2.45) is 0 Å². The summed E-state index contributed by atoms with van der Waals surface area (Å²) in [4.78, 5) is 15.0. The molecule has 0 saturated carbocycles. The quantitative estimate of drug-likeness (QED) is 0.710. The van der Waals surface area contributed by atoms with Gasteiger partial charge >= 0.3 is 0 Å². The minimum absolute atomic E-state index is 0.0763. The Labute approximate surface area is 127 Å². The van der Waals surface area contributed by atoms with Gasteiger partial charge in [0.25, 0.3) is 0 Å². The lowest BCUT2D eigenvalue weighted by Gasteiger charge is -2.31. The number of hydrogen-bond donors (Lipinski definition) is 0. The molecule has 0 aliphatic carbocycles. The van der Waals surface area contributed by atoms with E-state index < -0.39 is 0 Å². The van der Waals surface area contributed by atoms with Crippen molar-refractivity contribution < 1.29 is 4.79 Å². The van der Waals surface area contributed by atoms with Crippen LogP contribution in [0.25, 0.3) is 0 Å². The Kier molecular flexibility index (Phi) is 6.77. The molecule has 2 atom stereocenters. The zero-order valence-electron chi connectivity index (χ0n) is 13.6. The second-order valence-electron chi connectivity index (χ2n) is 5.54. The summed E-state index contributed by atoms with van der Waals surface area (Å²) in [6.07, 6.45) is 3.19. The van der Waals surface area contributed by atoms with E-state index in [4.69, 9.17) is 0 Å². The molecule has 0 saturated heterocycles. The fourth-order valence-electron chi connectivity index (χ4n) is 2.44. The van der Waals surface area contributed by atoms with Crippen molar-refractivity contribution in [3.8, 4) is 0 Å². The Balaban J connectivity index is 2.92. The van der Waals surface area contributed by atoms with Crippen LogP contribution in [0, 0.1) is 13.8 Å². The molecule has 2 unspecified atom stereocenters. The first kappa shape index (κ1) is 17.3. The molecular formula is C17H27NOS. The normalized spacial score (nSPS) is 14.3. The first-order valence-corrected chi connectivity index (χ1v) is 8.64. The number of aryl methyl sites for hydroxylation is 2. The summed E-state index contributed by atoms with van der Waals surface area (Å²) >= 11 is 1.84. The van der Waals surface area contributed by atoms with Crippen LogP contribution >= 0.6 is 11.8 Å². The van der Waals surface area contributed by atoms with Crippen LogP contribution < -0.4 is 0 Å². The van der Waals surface area contributed by atoms with Gasteiger partial charge in [-0.3, -0.25) is 9.69 Å². The van der Waals surface area contributed by atoms with Gasteiger partial charge in [0.2, 0.25) is 0 Å². The third-order valence-corrected chi connectivity index (χ3v) is 4.77. The Morgan fingerprint density at radius 3 is 2.55 bits per heavy atom. The van der Waals surface area contributed by atoms with E-state index >= 15 is 0 Å². The van der Waals surface area contributed by atoms with E-state index in [1.54, 1.807) is 0 Å². The van der Waals surface area contributed by atoms with Crippen molar-refractivity contribution in [3.05, 3.63) is 34.9 Å². The summed E-state index contributed by atoms with van der Waals surface area (Å²) in [7, 11) is 2.07. The van der Waals surface area contributed by atoms with Crippen LogP contribution in [0.1, 0.15) is 41.8 Å². The third-order valence-electron chi connectivity index (χ3n) is 4.06. The predicted molar refractivity (Wildman–Crippen MR) is 89.9 cm³/mol. The van der Waals surface area contributed by atoms with Gasteiger partial charge in [-0.1, -0.05) is 24.6 Å². The lowest BCUT2D eigenvalue weighted by atomic mass is 9.97. The molecule has 1 rings (SSSR count). The van der Waals surface area contributed by atoms with E-state index in [1.807, 2.05) is 44.7 Å². The maximum atomic E-state index is 12.7. The lowest BCUT2D eigenvalue weighted by molar-refractivity contribution is 0.0826. The summed E-state index contributed by atoms with van der Waals surface area (Å²) in [6, 6.07) is 6.48. The number of likely N-dealkylation sites (N-methyl/N-ethyl adjacent to an activating group) is 1. The average molecular weight is 293 g/mol. The Morgan fingerprint density at radius 2 is 2.00 bits per heavy atom. The SMILES string of the molecule is CCC(CSC)N(C)C(C)C(=O)c1cc(C)ccc1C. The molecule has 0 amide bonds. The summed E-state index contributed by atoms with van der Waals surface area (Å²) in [6.45, 7) is 8.26. The van der Waals surface area contributed by atoms with Crippen molar-refractivity contribution >= 4 is 17.5 Å². The summed E-state index contributed by atoms with van der Waals surface area (Å²) in [5.41, 5.74) is 3.08. The van der Waals surface area contributed by atoms with Gasteiger partial charge in [-0.05, 0) is 52.1 Å². The Morgan fingerprint density at radius 1 is 1.35 bits per heavy atom. The highest BCUT2D eigenvalue weighted by atomic mass is 32.2. The highest BCUT2D eigenvalue weighted by Gasteiger charge is 2.25. The molecule has 0 heterocycles. The van der Waals surface area contributed by atoms with Crippen molar-refractivity contribution in [1.29, 1.82) is 0 Å². The molecule has 112 valence electrons. The van der Waals surface area contributed by atoms with Crippen LogP contribution in [0.2, 0.25) is 0 Å². The van der Waals surface area contributed by atoms with Gasteiger partial charge in [0.15, 0.2) is 5.78 Å². The van der Waals surface area contributed by atoms with Crippen LogP contribution in [0.4, 0.5) is 0 Å². The molecule has 0 spiro atoms. The number of rotatable bonds is 7. The van der Waals surface area contributed by atoms with E-state index in [0.29, 0.717) is 6.04 Å². The fourth-order valence-corrected chi connectivity index (χ4v) is 3.30. The number of thioether (sulfide) groups is 1. The minimum Gasteiger partial charge on any atom is -0.293 e. The zero-order valence-corrected chi connectivity index (χ0v) is 14.4. The maximum Gasteiger partial charge on any atom is 0.179 e. The van der Waals surface area contributed by atoms with E-state index in [1.165, 1.54) is 0 Å². The summed E-state index contributed by atoms with van der Waals surface area (Å²) in [5, 5.41) is 0. The second-order valence-corrected chi connectivity index (χ2v) is 6.45. The second kappa shape index (κ2) is 7.84. The molecule has 0 aliphatic heterocycles. The van der Waals surface area contributed by atoms with Crippen molar-refractivity contribution in [2.75, 3.05) is 19.1 Å². The standard InChI is InChI=1S/C17H27NOS/c1-7-15(11-20-6)18(5)14(4)17(19)16-10-12(2)8-9-13(16)3/h8-10,14-15H,7,11H2,1-6H3. The average Bonchev–Trinajstić information content (AvgIpc) is 2.45. The largest absolute Gasteiger partial charge is 0.293 e. The molecule has 0 N–H and O–H groups in total. The van der Waals surface area contributed by atoms with E-state index in [0.717, 1.165) is 28.9 Å². The number of ketones is 1. The lowest BCUT2D eigenvalue weighted by Crippen LogP contribution is -2.44. The van der Waals surface area contributed by atoms with Crippen LogP contribution in [-0.4, -0.2) is 41.8 Å². The smallest absolute Gasteiger partial charge is 0.179 e. The maximum absolute atomic E-state index is 12.7. The van der Waals surface area contributed by atoms with Gasteiger partial charge < -0.3 is 0 Å². The fraction of sp³-hybridized carbons (Fsp3) is 0.588. The van der Waals surface area contributed by atoms with Gasteiger partial charge in [0, 0.05) is 17.4 Å². The van der Waals surface area contributed by atoms with E-state index in [9.17, 15) is 4.79 Å². The monoisotopic (exact) mass is 293 g/mol. The van der Waals surface area contributed by atoms with E-state index in [2.05, 4.69) is 31.2 Å². The van der Waals surface area contributed by atoms with Crippen molar-refractivity contribution in [1.82, 2.24) is 4.90 Å².